The molecule has 0 spiro atoms. The molecule has 0 bridgehead atoms. The number of thioether (sulfide) groups is 1. The molecule has 33 heavy (non-hydrogen) atoms. The van der Waals surface area contributed by atoms with Gasteiger partial charge in [-0.15, -0.1) is 0 Å². The zero-order chi connectivity index (χ0) is 24.6. The first-order valence-corrected chi connectivity index (χ1v) is 14.2. The topological polar surface area (TPSA) is 65.1 Å². The number of anilines is 1. The number of H-pyrrole nitrogens is 1. The molecule has 0 fully saturated rings. The minimum absolute atomic E-state index is 0.546. The first-order chi connectivity index (χ1) is 15.7. The normalized spacial score (nSPS) is 14.9. The smallest absolute Gasteiger partial charge is 0.327 e. The summed E-state index contributed by atoms with van der Waals surface area (Å²) in [6.45, 7) is 13.6. The fourth-order valence-corrected chi connectivity index (χ4v) is 5.15. The molecular formula is C28H50N2O2S. The van der Waals surface area contributed by atoms with Gasteiger partial charge in [0.2, 0.25) is 0 Å². The Balaban J connectivity index is 2.13. The largest absolute Gasteiger partial charge is 0.480 e. The number of aromatic nitrogens is 1. The van der Waals surface area contributed by atoms with Crippen LogP contribution in [0.3, 0.4) is 0 Å². The lowest BCUT2D eigenvalue weighted by atomic mass is 9.91. The average molecular weight is 479 g/mol. The van der Waals surface area contributed by atoms with Crippen molar-refractivity contribution in [1.29, 1.82) is 0 Å². The van der Waals surface area contributed by atoms with E-state index in [0.29, 0.717) is 5.75 Å². The summed E-state index contributed by atoms with van der Waals surface area (Å²) in [7, 11) is 0. The maximum atomic E-state index is 11.5. The van der Waals surface area contributed by atoms with Crippen molar-refractivity contribution in [2.45, 2.75) is 105 Å². The molecule has 190 valence electrons. The highest BCUT2D eigenvalue weighted by molar-refractivity contribution is 7.99. The van der Waals surface area contributed by atoms with Gasteiger partial charge in [0.15, 0.2) is 0 Å². The van der Waals surface area contributed by atoms with Crippen molar-refractivity contribution in [1.82, 2.24) is 4.98 Å². The second kappa shape index (κ2) is 17.1. The number of allylic oxidation sites excluding steroid dienone is 1. The van der Waals surface area contributed by atoms with Crippen LogP contribution in [0.5, 0.6) is 0 Å². The van der Waals surface area contributed by atoms with Crippen LogP contribution in [0.25, 0.3) is 0 Å². The first-order valence-electron chi connectivity index (χ1n) is 13.1. The summed E-state index contributed by atoms with van der Waals surface area (Å²) in [5.41, 5.74) is 2.45. The standard InChI is InChI=1S/C28H50N2O2S/c1-21(2)10-7-11-22(3)12-8-13-23(4)14-9-15-24(5)18-19-33-20-26(28(31)32)30-27-17-16-25(6)29-27/h16-18,21-23,26,29-30H,7-15,19-20H2,1-6H3,(H,31,32)/b24-18+. The third-order valence-electron chi connectivity index (χ3n) is 6.43. The zero-order valence-corrected chi connectivity index (χ0v) is 22.9. The molecule has 0 aromatic carbocycles. The van der Waals surface area contributed by atoms with Crippen molar-refractivity contribution in [3.8, 4) is 0 Å². The van der Waals surface area contributed by atoms with E-state index in [0.717, 1.165) is 41.4 Å². The lowest BCUT2D eigenvalue weighted by Gasteiger charge is -2.15. The summed E-state index contributed by atoms with van der Waals surface area (Å²) < 4.78 is 0. The Bertz CT molecular complexity index is 683. The van der Waals surface area contributed by atoms with Crippen molar-refractivity contribution in [2.24, 2.45) is 17.8 Å². The number of carboxylic acids is 1. The van der Waals surface area contributed by atoms with Crippen molar-refractivity contribution in [2.75, 3.05) is 16.8 Å². The van der Waals surface area contributed by atoms with Gasteiger partial charge in [0.05, 0.1) is 0 Å². The van der Waals surface area contributed by atoms with Gasteiger partial charge in [-0.3, -0.25) is 0 Å². The van der Waals surface area contributed by atoms with E-state index in [2.05, 4.69) is 51.0 Å². The quantitative estimate of drug-likeness (QED) is 0.138. The van der Waals surface area contributed by atoms with Crippen LogP contribution in [-0.2, 0) is 4.79 Å². The molecule has 3 atom stereocenters. The van der Waals surface area contributed by atoms with Crippen LogP contribution in [0.2, 0.25) is 0 Å². The van der Waals surface area contributed by atoms with Crippen LogP contribution < -0.4 is 5.32 Å². The number of hydrogen-bond acceptors (Lipinski definition) is 3. The number of carboxylic acid groups (broad SMARTS) is 1. The summed E-state index contributed by atoms with van der Waals surface area (Å²) in [5, 5.41) is 12.5. The van der Waals surface area contributed by atoms with Gasteiger partial charge in [-0.1, -0.05) is 84.3 Å². The summed E-state index contributed by atoms with van der Waals surface area (Å²) in [5.74, 6) is 3.90. The van der Waals surface area contributed by atoms with E-state index in [1.54, 1.807) is 11.8 Å². The van der Waals surface area contributed by atoms with E-state index < -0.39 is 12.0 Å². The van der Waals surface area contributed by atoms with Gasteiger partial charge in [0.1, 0.15) is 11.9 Å². The van der Waals surface area contributed by atoms with E-state index in [1.165, 1.54) is 56.9 Å². The maximum Gasteiger partial charge on any atom is 0.327 e. The van der Waals surface area contributed by atoms with Crippen LogP contribution in [0.15, 0.2) is 23.8 Å². The Hall–Kier alpha value is -1.36. The van der Waals surface area contributed by atoms with Crippen molar-refractivity contribution < 1.29 is 9.90 Å². The highest BCUT2D eigenvalue weighted by atomic mass is 32.2. The van der Waals surface area contributed by atoms with E-state index in [-0.39, 0.29) is 0 Å². The summed E-state index contributed by atoms with van der Waals surface area (Å²) in [4.78, 5) is 14.7. The monoisotopic (exact) mass is 478 g/mol. The van der Waals surface area contributed by atoms with E-state index in [1.807, 2.05) is 19.1 Å². The van der Waals surface area contributed by atoms with Crippen molar-refractivity contribution >= 4 is 23.5 Å². The molecule has 3 unspecified atom stereocenters. The summed E-state index contributed by atoms with van der Waals surface area (Å²) in [6, 6.07) is 3.24. The molecule has 0 saturated carbocycles. The van der Waals surface area contributed by atoms with Crippen LogP contribution in [-0.4, -0.2) is 33.6 Å². The van der Waals surface area contributed by atoms with E-state index in [9.17, 15) is 9.90 Å². The first kappa shape index (κ1) is 29.7. The lowest BCUT2D eigenvalue weighted by molar-refractivity contribution is -0.137. The molecule has 0 aliphatic carbocycles. The Kier molecular flexibility index (Phi) is 15.4. The predicted octanol–water partition coefficient (Wildman–Crippen LogP) is 8.31. The van der Waals surface area contributed by atoms with Gasteiger partial charge in [0.25, 0.3) is 0 Å². The molecule has 1 heterocycles. The van der Waals surface area contributed by atoms with E-state index in [4.69, 9.17) is 0 Å². The highest BCUT2D eigenvalue weighted by Crippen LogP contribution is 2.22. The molecule has 0 amide bonds. The number of aryl methyl sites for hydroxylation is 1. The zero-order valence-electron chi connectivity index (χ0n) is 22.1. The van der Waals surface area contributed by atoms with Gasteiger partial charge in [-0.2, -0.15) is 11.8 Å². The Morgan fingerprint density at radius 3 is 2.18 bits per heavy atom. The predicted molar refractivity (Wildman–Crippen MR) is 146 cm³/mol. The number of aliphatic carboxylic acids is 1. The highest BCUT2D eigenvalue weighted by Gasteiger charge is 2.17. The number of carbonyl (C=O) groups is 1. The molecule has 5 heteroatoms. The van der Waals surface area contributed by atoms with Crippen LogP contribution in [0.4, 0.5) is 5.82 Å². The molecule has 1 aromatic heterocycles. The SMILES string of the molecule is C/C(=C\CSCC(Nc1ccc(C)[nH]1)C(=O)O)CCCC(C)CCCC(C)CCCC(C)C. The molecular weight excluding hydrogens is 428 g/mol. The fraction of sp³-hybridized carbons (Fsp3) is 0.750. The minimum Gasteiger partial charge on any atom is -0.480 e. The average Bonchev–Trinajstić information content (AvgIpc) is 3.14. The molecule has 0 radical (unpaired) electrons. The molecule has 4 nitrogen and oxygen atoms in total. The Labute approximate surface area is 207 Å². The minimum atomic E-state index is -0.811. The fourth-order valence-electron chi connectivity index (χ4n) is 4.15. The molecule has 1 rings (SSSR count). The second-order valence-electron chi connectivity index (χ2n) is 10.5. The number of hydrogen-bond donors (Lipinski definition) is 3. The third kappa shape index (κ3) is 15.2. The van der Waals surface area contributed by atoms with Gasteiger partial charge in [-0.25, -0.2) is 4.79 Å². The molecule has 3 N–H and O–H groups in total. The maximum absolute atomic E-state index is 11.5. The Morgan fingerprint density at radius 2 is 1.64 bits per heavy atom. The van der Waals surface area contributed by atoms with Crippen LogP contribution in [0, 0.1) is 24.7 Å². The molecule has 0 saturated heterocycles. The lowest BCUT2D eigenvalue weighted by Crippen LogP contribution is -2.31. The van der Waals surface area contributed by atoms with E-state index >= 15 is 0 Å². The summed E-state index contributed by atoms with van der Waals surface area (Å²) in [6.07, 6.45) is 14.2. The van der Waals surface area contributed by atoms with Gasteiger partial charge >= 0.3 is 5.97 Å². The number of rotatable bonds is 19. The third-order valence-corrected chi connectivity index (χ3v) is 7.41. The molecule has 0 aliphatic rings. The summed E-state index contributed by atoms with van der Waals surface area (Å²) >= 11 is 1.67. The van der Waals surface area contributed by atoms with Crippen LogP contribution >= 0.6 is 11.8 Å². The van der Waals surface area contributed by atoms with Gasteiger partial charge < -0.3 is 15.4 Å². The van der Waals surface area contributed by atoms with Gasteiger partial charge in [-0.05, 0) is 56.6 Å². The Morgan fingerprint density at radius 1 is 1.03 bits per heavy atom. The second-order valence-corrected chi connectivity index (χ2v) is 11.6. The number of nitrogens with one attached hydrogen (secondary N) is 2. The van der Waals surface area contributed by atoms with Crippen molar-refractivity contribution in [3.63, 3.8) is 0 Å². The molecule has 1 aromatic rings. The number of aromatic amines is 1. The van der Waals surface area contributed by atoms with Crippen molar-refractivity contribution in [3.05, 3.63) is 29.5 Å². The molecule has 0 aliphatic heterocycles. The van der Waals surface area contributed by atoms with Gasteiger partial charge in [0, 0.05) is 17.2 Å². The van der Waals surface area contributed by atoms with Crippen LogP contribution in [0.1, 0.15) is 98.1 Å².